The average molecular weight is 174 g/mol. The average Bonchev–Trinajstić information content (AvgIpc) is 2.10. The second-order valence-corrected chi connectivity index (χ2v) is 2.70. The Bertz CT molecular complexity index is 68.9. The topological polar surface area (TPSA) is 33.3 Å². The van der Waals surface area contributed by atoms with Crippen molar-refractivity contribution in [2.75, 3.05) is 39.4 Å². The van der Waals surface area contributed by atoms with Crippen molar-refractivity contribution in [1.29, 1.82) is 0 Å². The van der Waals surface area contributed by atoms with Gasteiger partial charge in [0.2, 0.25) is 0 Å². The van der Waals surface area contributed by atoms with E-state index in [0.717, 1.165) is 39.4 Å². The molecule has 0 aliphatic rings. The van der Waals surface area contributed by atoms with Crippen LogP contribution in [0.5, 0.6) is 0 Å². The van der Waals surface area contributed by atoms with Crippen molar-refractivity contribution in [3.05, 3.63) is 0 Å². The molecular formula is C9H22N2O. The molecule has 12 heavy (non-hydrogen) atoms. The molecule has 0 spiro atoms. The highest BCUT2D eigenvalue weighted by molar-refractivity contribution is 4.50. The molecule has 0 aromatic rings. The van der Waals surface area contributed by atoms with Gasteiger partial charge >= 0.3 is 0 Å². The van der Waals surface area contributed by atoms with Gasteiger partial charge in [-0.05, 0) is 19.9 Å². The Balaban J connectivity index is 2.73. The van der Waals surface area contributed by atoms with Gasteiger partial charge in [0, 0.05) is 26.2 Å². The highest BCUT2D eigenvalue weighted by Crippen LogP contribution is 1.71. The lowest BCUT2D eigenvalue weighted by molar-refractivity contribution is 0.149. The molecule has 0 aromatic heterocycles. The number of hydrogen-bond donors (Lipinski definition) is 2. The van der Waals surface area contributed by atoms with Crippen molar-refractivity contribution in [1.82, 2.24) is 10.6 Å². The van der Waals surface area contributed by atoms with Gasteiger partial charge in [0.1, 0.15) is 0 Å². The van der Waals surface area contributed by atoms with Gasteiger partial charge in [0.25, 0.3) is 0 Å². The van der Waals surface area contributed by atoms with Crippen LogP contribution in [0.15, 0.2) is 0 Å². The SMILES string of the molecule is CCCNCCNCCOCC. The van der Waals surface area contributed by atoms with Crippen molar-refractivity contribution in [3.63, 3.8) is 0 Å². The van der Waals surface area contributed by atoms with Crippen LogP contribution in [0.1, 0.15) is 20.3 Å². The summed E-state index contributed by atoms with van der Waals surface area (Å²) in [5.74, 6) is 0. The molecule has 0 aliphatic heterocycles. The smallest absolute Gasteiger partial charge is 0.0590 e. The third-order valence-electron chi connectivity index (χ3n) is 1.53. The second kappa shape index (κ2) is 10.9. The van der Waals surface area contributed by atoms with E-state index in [1.54, 1.807) is 0 Å². The second-order valence-electron chi connectivity index (χ2n) is 2.70. The summed E-state index contributed by atoms with van der Waals surface area (Å²) in [6, 6.07) is 0. The molecule has 0 amide bonds. The molecule has 0 fully saturated rings. The minimum atomic E-state index is 0.815. The van der Waals surface area contributed by atoms with Gasteiger partial charge < -0.3 is 15.4 Å². The molecule has 3 nitrogen and oxygen atoms in total. The van der Waals surface area contributed by atoms with Gasteiger partial charge in [0.05, 0.1) is 6.61 Å². The molecule has 0 rings (SSSR count). The van der Waals surface area contributed by atoms with E-state index >= 15 is 0 Å². The molecule has 0 saturated heterocycles. The van der Waals surface area contributed by atoms with Crippen LogP contribution in [0.2, 0.25) is 0 Å². The summed E-state index contributed by atoms with van der Waals surface area (Å²) in [4.78, 5) is 0. The Hall–Kier alpha value is -0.120. The molecule has 0 saturated carbocycles. The summed E-state index contributed by atoms with van der Waals surface area (Å²) in [6.45, 7) is 10.0. The molecule has 0 radical (unpaired) electrons. The quantitative estimate of drug-likeness (QED) is 0.503. The van der Waals surface area contributed by atoms with E-state index in [1.165, 1.54) is 6.42 Å². The fourth-order valence-corrected chi connectivity index (χ4v) is 0.892. The predicted molar refractivity (Wildman–Crippen MR) is 52.5 cm³/mol. The van der Waals surface area contributed by atoms with Crippen LogP contribution in [0.4, 0.5) is 0 Å². The Morgan fingerprint density at radius 1 is 0.917 bits per heavy atom. The van der Waals surface area contributed by atoms with E-state index in [1.807, 2.05) is 6.92 Å². The zero-order valence-corrected chi connectivity index (χ0v) is 8.36. The van der Waals surface area contributed by atoms with Gasteiger partial charge in [-0.15, -0.1) is 0 Å². The van der Waals surface area contributed by atoms with Crippen LogP contribution >= 0.6 is 0 Å². The first-order valence-corrected chi connectivity index (χ1v) is 4.91. The predicted octanol–water partition coefficient (Wildman–Crippen LogP) is 0.612. The normalized spacial score (nSPS) is 10.5. The maximum Gasteiger partial charge on any atom is 0.0590 e. The van der Waals surface area contributed by atoms with Gasteiger partial charge in [-0.2, -0.15) is 0 Å². The molecule has 0 aromatic carbocycles. The van der Waals surface area contributed by atoms with Crippen molar-refractivity contribution >= 4 is 0 Å². The van der Waals surface area contributed by atoms with Crippen LogP contribution in [0.3, 0.4) is 0 Å². The highest BCUT2D eigenvalue weighted by atomic mass is 16.5. The first-order chi connectivity index (χ1) is 5.91. The molecule has 3 heteroatoms. The Morgan fingerprint density at radius 3 is 2.17 bits per heavy atom. The number of hydrogen-bond acceptors (Lipinski definition) is 3. The standard InChI is InChI=1S/C9H22N2O/c1-3-5-10-6-7-11-8-9-12-4-2/h10-11H,3-9H2,1-2H3. The molecule has 2 N–H and O–H groups in total. The maximum absolute atomic E-state index is 5.18. The summed E-state index contributed by atoms with van der Waals surface area (Å²) < 4.78 is 5.18. The zero-order chi connectivity index (χ0) is 9.07. The fourth-order valence-electron chi connectivity index (χ4n) is 0.892. The van der Waals surface area contributed by atoms with Crippen LogP contribution < -0.4 is 10.6 Å². The third kappa shape index (κ3) is 9.88. The third-order valence-corrected chi connectivity index (χ3v) is 1.53. The minimum Gasteiger partial charge on any atom is -0.380 e. The first kappa shape index (κ1) is 11.9. The Labute approximate surface area is 75.9 Å². The van der Waals surface area contributed by atoms with E-state index in [4.69, 9.17) is 4.74 Å². The number of ether oxygens (including phenoxy) is 1. The summed E-state index contributed by atoms with van der Waals surface area (Å²) in [7, 11) is 0. The Morgan fingerprint density at radius 2 is 1.58 bits per heavy atom. The van der Waals surface area contributed by atoms with Crippen LogP contribution in [0.25, 0.3) is 0 Å². The fraction of sp³-hybridized carbons (Fsp3) is 1.00. The van der Waals surface area contributed by atoms with Crippen molar-refractivity contribution < 1.29 is 4.74 Å². The summed E-state index contributed by atoms with van der Waals surface area (Å²) in [6.07, 6.45) is 1.21. The molecule has 0 atom stereocenters. The minimum absolute atomic E-state index is 0.815. The molecule has 74 valence electrons. The maximum atomic E-state index is 5.18. The van der Waals surface area contributed by atoms with E-state index in [0.29, 0.717) is 0 Å². The molecule has 0 unspecified atom stereocenters. The lowest BCUT2D eigenvalue weighted by Gasteiger charge is -2.05. The Kier molecular flexibility index (Phi) is 10.8. The van der Waals surface area contributed by atoms with Gasteiger partial charge in [-0.3, -0.25) is 0 Å². The van der Waals surface area contributed by atoms with Crippen LogP contribution in [-0.2, 0) is 4.74 Å². The van der Waals surface area contributed by atoms with Crippen molar-refractivity contribution in [3.8, 4) is 0 Å². The van der Waals surface area contributed by atoms with Crippen LogP contribution in [-0.4, -0.2) is 39.4 Å². The van der Waals surface area contributed by atoms with E-state index in [-0.39, 0.29) is 0 Å². The summed E-state index contributed by atoms with van der Waals surface area (Å²) in [5.41, 5.74) is 0. The number of rotatable bonds is 9. The highest BCUT2D eigenvalue weighted by Gasteiger charge is 1.86. The van der Waals surface area contributed by atoms with Gasteiger partial charge in [0.15, 0.2) is 0 Å². The molecule has 0 heterocycles. The van der Waals surface area contributed by atoms with E-state index in [9.17, 15) is 0 Å². The monoisotopic (exact) mass is 174 g/mol. The van der Waals surface area contributed by atoms with E-state index < -0.39 is 0 Å². The summed E-state index contributed by atoms with van der Waals surface area (Å²) in [5, 5.41) is 6.61. The lowest BCUT2D eigenvalue weighted by Crippen LogP contribution is -2.29. The number of nitrogens with one attached hydrogen (secondary N) is 2. The largest absolute Gasteiger partial charge is 0.380 e. The zero-order valence-electron chi connectivity index (χ0n) is 8.36. The van der Waals surface area contributed by atoms with E-state index in [2.05, 4.69) is 17.6 Å². The van der Waals surface area contributed by atoms with Gasteiger partial charge in [-0.25, -0.2) is 0 Å². The first-order valence-electron chi connectivity index (χ1n) is 4.91. The molecule has 0 bridgehead atoms. The van der Waals surface area contributed by atoms with Crippen molar-refractivity contribution in [2.24, 2.45) is 0 Å². The summed E-state index contributed by atoms with van der Waals surface area (Å²) >= 11 is 0. The van der Waals surface area contributed by atoms with Gasteiger partial charge in [-0.1, -0.05) is 6.92 Å². The lowest BCUT2D eigenvalue weighted by atomic mass is 10.4. The van der Waals surface area contributed by atoms with Crippen molar-refractivity contribution in [2.45, 2.75) is 20.3 Å². The molecular weight excluding hydrogens is 152 g/mol. The molecule has 0 aliphatic carbocycles. The van der Waals surface area contributed by atoms with Crippen LogP contribution in [0, 0.1) is 0 Å².